The van der Waals surface area contributed by atoms with Crippen LogP contribution in [0, 0.1) is 0 Å². The third-order valence-electron chi connectivity index (χ3n) is 5.61. The summed E-state index contributed by atoms with van der Waals surface area (Å²) in [5.74, 6) is 0.990. The second-order valence-corrected chi connectivity index (χ2v) is 7.76. The van der Waals surface area contributed by atoms with Gasteiger partial charge >= 0.3 is 0 Å². The summed E-state index contributed by atoms with van der Waals surface area (Å²) in [5, 5.41) is 15.3. The van der Waals surface area contributed by atoms with E-state index in [0.717, 1.165) is 30.0 Å². The molecule has 1 aliphatic rings. The third-order valence-corrected chi connectivity index (χ3v) is 5.61. The van der Waals surface area contributed by atoms with Crippen LogP contribution in [-0.4, -0.2) is 62.7 Å². The van der Waals surface area contributed by atoms with Gasteiger partial charge in [-0.1, -0.05) is 31.2 Å². The maximum atomic E-state index is 12.9. The number of carbonyl (C=O) groups excluding carboxylic acids is 2. The minimum absolute atomic E-state index is 0.0183. The zero-order chi connectivity index (χ0) is 21.8. The van der Waals surface area contributed by atoms with Crippen molar-refractivity contribution >= 4 is 23.3 Å². The number of hydrogen-bond donors (Lipinski definition) is 1. The fourth-order valence-electron chi connectivity index (χ4n) is 3.76. The summed E-state index contributed by atoms with van der Waals surface area (Å²) in [6.07, 6.45) is 2.39. The summed E-state index contributed by atoms with van der Waals surface area (Å²) in [6, 6.07) is 11.6. The molecule has 1 aromatic carbocycles. The summed E-state index contributed by atoms with van der Waals surface area (Å²) < 4.78 is 1.66. The molecule has 2 aromatic heterocycles. The second-order valence-electron chi connectivity index (χ2n) is 7.76. The first-order valence-electron chi connectivity index (χ1n) is 10.6. The molecule has 3 aromatic rings. The SMILES string of the molecule is CCC(=O)NC(C)c1cccc(CC(=O)N2CCN(c3ccc4nncn4n3)CC2)c1. The Kier molecular flexibility index (Phi) is 6.11. The molecule has 9 nitrogen and oxygen atoms in total. The predicted octanol–water partition coefficient (Wildman–Crippen LogP) is 1.60. The molecule has 1 aliphatic heterocycles. The second kappa shape index (κ2) is 9.11. The number of piperazine rings is 1. The largest absolute Gasteiger partial charge is 0.352 e. The van der Waals surface area contributed by atoms with Gasteiger partial charge in [0.25, 0.3) is 0 Å². The van der Waals surface area contributed by atoms with Gasteiger partial charge in [0, 0.05) is 32.6 Å². The molecule has 4 rings (SSSR count). The molecule has 0 spiro atoms. The number of nitrogens with zero attached hydrogens (tertiary/aromatic N) is 6. The van der Waals surface area contributed by atoms with E-state index in [0.29, 0.717) is 31.6 Å². The van der Waals surface area contributed by atoms with Crippen molar-refractivity contribution in [1.29, 1.82) is 0 Å². The third kappa shape index (κ3) is 4.82. The lowest BCUT2D eigenvalue weighted by molar-refractivity contribution is -0.130. The minimum atomic E-state index is -0.0819. The van der Waals surface area contributed by atoms with Crippen molar-refractivity contribution < 1.29 is 9.59 Å². The maximum Gasteiger partial charge on any atom is 0.227 e. The first-order chi connectivity index (χ1) is 15.0. The van der Waals surface area contributed by atoms with Gasteiger partial charge in [-0.25, -0.2) is 0 Å². The molecular formula is C22H27N7O2. The van der Waals surface area contributed by atoms with Crippen molar-refractivity contribution in [3.05, 3.63) is 53.9 Å². The number of hydrogen-bond acceptors (Lipinski definition) is 6. The summed E-state index contributed by atoms with van der Waals surface area (Å²) >= 11 is 0. The van der Waals surface area contributed by atoms with Crippen molar-refractivity contribution in [2.45, 2.75) is 32.7 Å². The van der Waals surface area contributed by atoms with Crippen LogP contribution < -0.4 is 10.2 Å². The highest BCUT2D eigenvalue weighted by molar-refractivity contribution is 5.79. The van der Waals surface area contributed by atoms with Gasteiger partial charge in [-0.2, -0.15) is 4.52 Å². The van der Waals surface area contributed by atoms with E-state index in [2.05, 4.69) is 25.5 Å². The van der Waals surface area contributed by atoms with Crippen LogP contribution in [0.1, 0.15) is 37.4 Å². The molecule has 31 heavy (non-hydrogen) atoms. The summed E-state index contributed by atoms with van der Waals surface area (Å²) in [4.78, 5) is 28.6. The Morgan fingerprint density at radius 2 is 1.94 bits per heavy atom. The molecule has 1 atom stereocenters. The van der Waals surface area contributed by atoms with Crippen LogP contribution in [0.5, 0.6) is 0 Å². The van der Waals surface area contributed by atoms with Crippen molar-refractivity contribution in [2.24, 2.45) is 0 Å². The first kappa shape index (κ1) is 20.8. The van der Waals surface area contributed by atoms with Crippen LogP contribution in [0.25, 0.3) is 5.65 Å². The molecule has 3 heterocycles. The van der Waals surface area contributed by atoms with Crippen molar-refractivity contribution in [3.8, 4) is 0 Å². The van der Waals surface area contributed by atoms with E-state index in [1.807, 2.05) is 55.1 Å². The highest BCUT2D eigenvalue weighted by Gasteiger charge is 2.22. The predicted molar refractivity (Wildman–Crippen MR) is 117 cm³/mol. The minimum Gasteiger partial charge on any atom is -0.352 e. The van der Waals surface area contributed by atoms with Gasteiger partial charge in [0.05, 0.1) is 12.5 Å². The highest BCUT2D eigenvalue weighted by atomic mass is 16.2. The molecule has 0 radical (unpaired) electrons. The molecule has 9 heteroatoms. The number of rotatable bonds is 6. The smallest absolute Gasteiger partial charge is 0.227 e. The summed E-state index contributed by atoms with van der Waals surface area (Å²) in [7, 11) is 0. The van der Waals surface area contributed by atoms with Crippen LogP contribution in [0.4, 0.5) is 5.82 Å². The Morgan fingerprint density at radius 3 is 2.71 bits per heavy atom. The topological polar surface area (TPSA) is 95.7 Å². The molecule has 0 aliphatic carbocycles. The van der Waals surface area contributed by atoms with Gasteiger partial charge in [-0.05, 0) is 30.2 Å². The van der Waals surface area contributed by atoms with Crippen LogP contribution >= 0.6 is 0 Å². The monoisotopic (exact) mass is 421 g/mol. The Bertz CT molecular complexity index is 1070. The first-order valence-corrected chi connectivity index (χ1v) is 10.6. The number of amides is 2. The average molecular weight is 422 g/mol. The molecule has 162 valence electrons. The molecule has 0 saturated carbocycles. The molecule has 1 unspecified atom stereocenters. The van der Waals surface area contributed by atoms with E-state index in [4.69, 9.17) is 0 Å². The van der Waals surface area contributed by atoms with Crippen LogP contribution in [-0.2, 0) is 16.0 Å². The van der Waals surface area contributed by atoms with Gasteiger partial charge in [0.2, 0.25) is 11.8 Å². The Labute approximate surface area is 181 Å². The summed E-state index contributed by atoms with van der Waals surface area (Å²) in [6.45, 7) is 6.56. The van der Waals surface area contributed by atoms with E-state index in [9.17, 15) is 9.59 Å². The van der Waals surface area contributed by atoms with Crippen LogP contribution in [0.2, 0.25) is 0 Å². The van der Waals surface area contributed by atoms with E-state index < -0.39 is 0 Å². The van der Waals surface area contributed by atoms with Crippen molar-refractivity contribution in [2.75, 3.05) is 31.1 Å². The zero-order valence-corrected chi connectivity index (χ0v) is 17.9. The van der Waals surface area contributed by atoms with Crippen molar-refractivity contribution in [3.63, 3.8) is 0 Å². The molecule has 1 saturated heterocycles. The number of fused-ring (bicyclic) bond motifs is 1. The van der Waals surface area contributed by atoms with Gasteiger partial charge in [0.15, 0.2) is 5.65 Å². The summed E-state index contributed by atoms with van der Waals surface area (Å²) in [5.41, 5.74) is 2.68. The van der Waals surface area contributed by atoms with Gasteiger partial charge in [-0.15, -0.1) is 15.3 Å². The quantitative estimate of drug-likeness (QED) is 0.650. The highest BCUT2D eigenvalue weighted by Crippen LogP contribution is 2.17. The normalized spacial score (nSPS) is 15.2. The number of anilines is 1. The molecule has 1 fully saturated rings. The molecular weight excluding hydrogens is 394 g/mol. The lowest BCUT2D eigenvalue weighted by Gasteiger charge is -2.35. The van der Waals surface area contributed by atoms with Gasteiger partial charge < -0.3 is 15.1 Å². The fraction of sp³-hybridized carbons (Fsp3) is 0.409. The molecule has 2 amide bonds. The number of nitrogens with one attached hydrogen (secondary N) is 1. The van der Waals surface area contributed by atoms with E-state index >= 15 is 0 Å². The Morgan fingerprint density at radius 1 is 1.13 bits per heavy atom. The number of benzene rings is 1. The van der Waals surface area contributed by atoms with E-state index in [1.165, 1.54) is 0 Å². The lowest BCUT2D eigenvalue weighted by Crippen LogP contribution is -2.49. The van der Waals surface area contributed by atoms with E-state index in [-0.39, 0.29) is 17.9 Å². The van der Waals surface area contributed by atoms with E-state index in [1.54, 1.807) is 10.8 Å². The van der Waals surface area contributed by atoms with Gasteiger partial charge in [-0.3, -0.25) is 9.59 Å². The Hall–Kier alpha value is -3.49. The Balaban J connectivity index is 1.33. The molecule has 0 bridgehead atoms. The average Bonchev–Trinajstić information content (AvgIpc) is 3.27. The number of aromatic nitrogens is 4. The molecule has 1 N–H and O–H groups in total. The van der Waals surface area contributed by atoms with Gasteiger partial charge in [0.1, 0.15) is 12.1 Å². The van der Waals surface area contributed by atoms with Crippen LogP contribution in [0.3, 0.4) is 0 Å². The zero-order valence-electron chi connectivity index (χ0n) is 17.9. The van der Waals surface area contributed by atoms with Crippen molar-refractivity contribution in [1.82, 2.24) is 30.0 Å². The van der Waals surface area contributed by atoms with Crippen LogP contribution in [0.15, 0.2) is 42.7 Å². The standard InChI is InChI=1S/C22H27N7O2/c1-3-21(30)24-16(2)18-6-4-5-17(13-18)14-22(31)28-11-9-27(10-12-28)20-8-7-19-25-23-15-29(19)26-20/h4-8,13,15-16H,3,9-12,14H2,1-2H3,(H,24,30). The lowest BCUT2D eigenvalue weighted by atomic mass is 10.0. The number of carbonyl (C=O) groups is 2. The maximum absolute atomic E-state index is 12.9. The fourth-order valence-corrected chi connectivity index (χ4v) is 3.76.